The van der Waals surface area contributed by atoms with Crippen LogP contribution in [0.25, 0.3) is 0 Å². The van der Waals surface area contributed by atoms with E-state index in [1.165, 1.54) is 19.3 Å². The zero-order chi connectivity index (χ0) is 19.1. The molecule has 2 aliphatic rings. The van der Waals surface area contributed by atoms with Gasteiger partial charge in [0.1, 0.15) is 12.4 Å². The van der Waals surface area contributed by atoms with E-state index in [0.717, 1.165) is 68.6 Å². The molecule has 3 atom stereocenters. The first-order chi connectivity index (χ1) is 13.2. The Morgan fingerprint density at radius 1 is 1.21 bits per heavy atom. The average Bonchev–Trinajstić information content (AvgIpc) is 2.92. The largest absolute Gasteiger partial charge is 0.357 e. The molecule has 0 amide bonds. The van der Waals surface area contributed by atoms with Gasteiger partial charge in [-0.25, -0.2) is 4.99 Å². The Bertz CT molecular complexity index is 665. The summed E-state index contributed by atoms with van der Waals surface area (Å²) in [7, 11) is -0.706. The number of halogens is 1. The van der Waals surface area contributed by atoms with Gasteiger partial charge in [0.05, 0.1) is 0 Å². The minimum atomic E-state index is -0.706. The Hall–Kier alpha value is -0.710. The van der Waals surface area contributed by atoms with Crippen molar-refractivity contribution in [1.82, 2.24) is 25.4 Å². The van der Waals surface area contributed by atoms with Crippen LogP contribution in [0.2, 0.25) is 0 Å². The fourth-order valence-electron chi connectivity index (χ4n) is 4.08. The van der Waals surface area contributed by atoms with Crippen molar-refractivity contribution in [2.75, 3.05) is 12.3 Å². The molecule has 28 heavy (non-hydrogen) atoms. The van der Waals surface area contributed by atoms with E-state index in [9.17, 15) is 4.21 Å². The molecule has 3 rings (SSSR count). The molecule has 0 bridgehead atoms. The van der Waals surface area contributed by atoms with E-state index < -0.39 is 10.8 Å². The number of hydrogen-bond acceptors (Lipinski definition) is 4. The quantitative estimate of drug-likeness (QED) is 0.341. The molecule has 1 aliphatic heterocycles. The van der Waals surface area contributed by atoms with Crippen LogP contribution in [0, 0.1) is 0 Å². The lowest BCUT2D eigenvalue weighted by Gasteiger charge is -2.30. The predicted octanol–water partition coefficient (Wildman–Crippen LogP) is 2.76. The number of hydrogen-bond donors (Lipinski definition) is 2. The second kappa shape index (κ2) is 12.1. The minimum Gasteiger partial charge on any atom is -0.357 e. The number of fused-ring (bicyclic) bond motifs is 1. The predicted molar refractivity (Wildman–Crippen MR) is 126 cm³/mol. The van der Waals surface area contributed by atoms with Crippen LogP contribution >= 0.6 is 24.0 Å². The summed E-state index contributed by atoms with van der Waals surface area (Å²) in [6, 6.07) is 0.340. The highest BCUT2D eigenvalue weighted by molar-refractivity contribution is 14.0. The first-order valence-electron chi connectivity index (χ1n) is 10.5. The molecule has 1 aliphatic carbocycles. The molecule has 0 aromatic carbocycles. The molecular formula is C19H35IN6OS. The zero-order valence-electron chi connectivity index (χ0n) is 17.2. The molecule has 160 valence electrons. The second-order valence-electron chi connectivity index (χ2n) is 7.49. The number of guanidine groups is 1. The van der Waals surface area contributed by atoms with Gasteiger partial charge in [0.25, 0.3) is 0 Å². The maximum absolute atomic E-state index is 12.2. The van der Waals surface area contributed by atoms with E-state index in [1.807, 2.05) is 6.92 Å². The van der Waals surface area contributed by atoms with Gasteiger partial charge in [-0.1, -0.05) is 19.8 Å². The highest BCUT2D eigenvalue weighted by atomic mass is 127. The van der Waals surface area contributed by atoms with Gasteiger partial charge in [-0.3, -0.25) is 4.21 Å². The number of aryl methyl sites for hydroxylation is 1. The summed E-state index contributed by atoms with van der Waals surface area (Å²) in [6.07, 6.45) is 8.97. The topological polar surface area (TPSA) is 84.2 Å². The Morgan fingerprint density at radius 3 is 2.86 bits per heavy atom. The molecule has 1 fully saturated rings. The number of aromatic nitrogens is 3. The van der Waals surface area contributed by atoms with Gasteiger partial charge in [0.15, 0.2) is 11.8 Å². The first kappa shape index (κ1) is 23.6. The van der Waals surface area contributed by atoms with Crippen molar-refractivity contribution in [2.24, 2.45) is 4.99 Å². The van der Waals surface area contributed by atoms with Gasteiger partial charge in [-0.15, -0.1) is 34.2 Å². The molecule has 1 aromatic rings. The summed E-state index contributed by atoms with van der Waals surface area (Å²) in [5.74, 6) is 3.64. The Balaban J connectivity index is 0.00000280. The maximum atomic E-state index is 12.2. The fraction of sp³-hybridized carbons (Fsp3) is 0.842. The van der Waals surface area contributed by atoms with Crippen molar-refractivity contribution < 1.29 is 4.21 Å². The summed E-state index contributed by atoms with van der Waals surface area (Å²) in [6.45, 7) is 6.46. The van der Waals surface area contributed by atoms with Crippen LogP contribution in [-0.2, 0) is 30.3 Å². The van der Waals surface area contributed by atoms with Gasteiger partial charge >= 0.3 is 0 Å². The lowest BCUT2D eigenvalue weighted by Crippen LogP contribution is -2.46. The van der Waals surface area contributed by atoms with Crippen molar-refractivity contribution in [3.8, 4) is 0 Å². The Morgan fingerprint density at radius 2 is 2.07 bits per heavy atom. The number of rotatable bonds is 6. The van der Waals surface area contributed by atoms with Crippen molar-refractivity contribution in [2.45, 2.75) is 89.6 Å². The first-order valence-corrected chi connectivity index (χ1v) is 11.9. The molecule has 7 nitrogen and oxygen atoms in total. The summed E-state index contributed by atoms with van der Waals surface area (Å²) < 4.78 is 14.4. The normalized spacial score (nSPS) is 23.9. The third-order valence-corrected chi connectivity index (χ3v) is 7.27. The van der Waals surface area contributed by atoms with Crippen molar-refractivity contribution >= 4 is 40.7 Å². The van der Waals surface area contributed by atoms with Crippen molar-refractivity contribution in [3.63, 3.8) is 0 Å². The van der Waals surface area contributed by atoms with Gasteiger partial charge < -0.3 is 15.2 Å². The summed E-state index contributed by atoms with van der Waals surface area (Å²) in [5, 5.41) is 16.0. The van der Waals surface area contributed by atoms with E-state index in [-0.39, 0.29) is 24.0 Å². The van der Waals surface area contributed by atoms with E-state index in [2.05, 4.69) is 32.3 Å². The van der Waals surface area contributed by atoms with E-state index in [4.69, 9.17) is 4.99 Å². The average molecular weight is 523 g/mol. The van der Waals surface area contributed by atoms with Gasteiger partial charge in [-0.05, 0) is 39.0 Å². The van der Waals surface area contributed by atoms with Crippen molar-refractivity contribution in [3.05, 3.63) is 11.6 Å². The van der Waals surface area contributed by atoms with Gasteiger partial charge in [-0.2, -0.15) is 0 Å². The third kappa shape index (κ3) is 6.40. The van der Waals surface area contributed by atoms with Crippen molar-refractivity contribution in [1.29, 1.82) is 0 Å². The molecule has 0 saturated heterocycles. The van der Waals surface area contributed by atoms with Crippen LogP contribution in [0.5, 0.6) is 0 Å². The number of aliphatic imine (C=N–C) groups is 1. The van der Waals surface area contributed by atoms with E-state index >= 15 is 0 Å². The molecule has 3 unspecified atom stereocenters. The highest BCUT2D eigenvalue weighted by Gasteiger charge is 2.26. The zero-order valence-corrected chi connectivity index (χ0v) is 20.3. The second-order valence-corrected chi connectivity index (χ2v) is 9.49. The SMILES string of the molecule is CCNC(=NCc1nnc2n1CCCCC2)NC1CCCC(S(=O)CC)C1.I. The molecule has 9 heteroatoms. The monoisotopic (exact) mass is 522 g/mol. The van der Waals surface area contributed by atoms with E-state index in [0.29, 0.717) is 17.8 Å². The van der Waals surface area contributed by atoms with Crippen LogP contribution in [0.15, 0.2) is 4.99 Å². The molecule has 2 N–H and O–H groups in total. The van der Waals surface area contributed by atoms with Gasteiger partial charge in [0.2, 0.25) is 0 Å². The number of nitrogens with one attached hydrogen (secondary N) is 2. The van der Waals surface area contributed by atoms with Gasteiger partial charge in [0, 0.05) is 47.4 Å². The van der Waals surface area contributed by atoms with Crippen LogP contribution in [0.3, 0.4) is 0 Å². The maximum Gasteiger partial charge on any atom is 0.191 e. The molecular weight excluding hydrogens is 487 g/mol. The molecule has 1 saturated carbocycles. The molecule has 0 spiro atoms. The fourth-order valence-corrected chi connectivity index (χ4v) is 5.42. The lowest BCUT2D eigenvalue weighted by molar-refractivity contribution is 0.413. The smallest absolute Gasteiger partial charge is 0.191 e. The standard InChI is InChI=1S/C19H34N6OS.HI/c1-3-20-19(22-15-9-8-10-16(13-15)27(26)4-2)21-14-18-24-23-17-11-6-5-7-12-25(17)18;/h15-16H,3-14H2,1-2H3,(H2,20,21,22);1H. The Labute approximate surface area is 188 Å². The van der Waals surface area contributed by atoms with Crippen LogP contribution in [0.4, 0.5) is 0 Å². The van der Waals surface area contributed by atoms with Crippen LogP contribution in [0.1, 0.15) is 70.4 Å². The summed E-state index contributed by atoms with van der Waals surface area (Å²) in [4.78, 5) is 4.77. The minimum absolute atomic E-state index is 0. The van der Waals surface area contributed by atoms with Crippen LogP contribution < -0.4 is 10.6 Å². The highest BCUT2D eigenvalue weighted by Crippen LogP contribution is 2.23. The molecule has 1 aromatic heterocycles. The molecule has 2 heterocycles. The van der Waals surface area contributed by atoms with E-state index in [1.54, 1.807) is 0 Å². The van der Waals surface area contributed by atoms with Crippen LogP contribution in [-0.4, -0.2) is 48.5 Å². The number of nitrogens with zero attached hydrogens (tertiary/aromatic N) is 4. The molecule has 0 radical (unpaired) electrons. The Kier molecular flexibility index (Phi) is 10.2. The summed E-state index contributed by atoms with van der Waals surface area (Å²) in [5.41, 5.74) is 0. The lowest BCUT2D eigenvalue weighted by atomic mass is 9.95. The third-order valence-electron chi connectivity index (χ3n) is 5.53. The summed E-state index contributed by atoms with van der Waals surface area (Å²) >= 11 is 0.